The van der Waals surface area contributed by atoms with Gasteiger partial charge in [0.05, 0.1) is 25.9 Å². The van der Waals surface area contributed by atoms with Crippen molar-refractivity contribution in [2.45, 2.75) is 274 Å². The third-order valence-electron chi connectivity index (χ3n) is 12.5. The van der Waals surface area contributed by atoms with Crippen molar-refractivity contribution >= 4 is 5.91 Å². The maximum Gasteiger partial charge on any atom is 0.249 e. The Labute approximate surface area is 366 Å². The van der Waals surface area contributed by atoms with Crippen LogP contribution >= 0.6 is 0 Å². The monoisotopic (exact) mass is 858 g/mol. The van der Waals surface area contributed by atoms with Crippen LogP contribution in [0, 0.1) is 0 Å². The molecule has 8 N–H and O–H groups in total. The molecule has 8 atom stereocenters. The minimum absolute atomic E-state index is 0.140. The molecule has 0 aromatic heterocycles. The lowest BCUT2D eigenvalue weighted by atomic mass is 9.88. The van der Waals surface area contributed by atoms with Gasteiger partial charge in [0.1, 0.15) is 36.1 Å². The number of carbonyl (C=O) groups excluding carboxylic acids is 1. The Morgan fingerprint density at radius 1 is 0.617 bits per heavy atom. The number of rotatable bonds is 42. The normalized spacial score (nSPS) is 21.6. The van der Waals surface area contributed by atoms with Gasteiger partial charge in [-0.15, -0.1) is 0 Å². The molecular formula is C49H95NO10. The largest absolute Gasteiger partial charge is 0.394 e. The molecule has 0 saturated carbocycles. The summed E-state index contributed by atoms with van der Waals surface area (Å²) in [5.74, 6) is -0.699. The summed E-state index contributed by atoms with van der Waals surface area (Å²) in [5, 5.41) is 75.7. The molecule has 0 aliphatic carbocycles. The Morgan fingerprint density at radius 3 is 1.52 bits per heavy atom. The first-order valence-corrected chi connectivity index (χ1v) is 25.0. The summed E-state index contributed by atoms with van der Waals surface area (Å²) in [7, 11) is 0. The maximum absolute atomic E-state index is 13.2. The van der Waals surface area contributed by atoms with Crippen LogP contribution in [0.1, 0.15) is 226 Å². The van der Waals surface area contributed by atoms with Gasteiger partial charge in [-0.3, -0.25) is 4.79 Å². The second-order valence-corrected chi connectivity index (χ2v) is 18.0. The van der Waals surface area contributed by atoms with E-state index < -0.39 is 74.2 Å². The van der Waals surface area contributed by atoms with E-state index in [0.717, 1.165) is 51.4 Å². The van der Waals surface area contributed by atoms with Gasteiger partial charge < -0.3 is 50.5 Å². The van der Waals surface area contributed by atoms with Gasteiger partial charge in [0.25, 0.3) is 0 Å². The van der Waals surface area contributed by atoms with Gasteiger partial charge in [-0.2, -0.15) is 0 Å². The Hall–Kier alpha value is -1.15. The first-order valence-electron chi connectivity index (χ1n) is 25.0. The van der Waals surface area contributed by atoms with Gasteiger partial charge in [-0.25, -0.2) is 0 Å². The van der Waals surface area contributed by atoms with Gasteiger partial charge in [-0.1, -0.05) is 206 Å². The number of unbranched alkanes of at least 4 members (excludes halogenated alkanes) is 28. The van der Waals surface area contributed by atoms with Crippen LogP contribution in [0.5, 0.6) is 0 Å². The lowest BCUT2D eigenvalue weighted by Gasteiger charge is -2.41. The van der Waals surface area contributed by atoms with E-state index in [1.54, 1.807) is 0 Å². The average molecular weight is 858 g/mol. The van der Waals surface area contributed by atoms with Crippen molar-refractivity contribution in [3.05, 3.63) is 12.2 Å². The standard InChI is InChI=1S/C49H95NO10/c1-3-5-7-9-11-13-14-15-16-17-18-19-20-21-22-23-24-25-26-27-28-29-30-32-34-36-41(53)47(57)50-43(39-59-48-46(56)45(55)44(54)42(38-51)60-48)49(58,40-52)37-35-33-31-12-10-8-6-4-2/h8,10,41-46,48,51-56,58H,3-7,9,11-40H2,1-2H3,(H,50,57)/b10-8+/t41-,42+,43-,44+,45-,46+,48+,49+/m0/s1. The number of aliphatic hydroxyl groups excluding tert-OH is 6. The van der Waals surface area contributed by atoms with Crippen LogP contribution < -0.4 is 5.32 Å². The highest BCUT2D eigenvalue weighted by Gasteiger charge is 2.45. The highest BCUT2D eigenvalue weighted by molar-refractivity contribution is 5.80. The highest BCUT2D eigenvalue weighted by atomic mass is 16.7. The van der Waals surface area contributed by atoms with Crippen LogP contribution in [-0.4, -0.2) is 110 Å². The van der Waals surface area contributed by atoms with Crippen molar-refractivity contribution in [2.24, 2.45) is 0 Å². The predicted molar refractivity (Wildman–Crippen MR) is 243 cm³/mol. The van der Waals surface area contributed by atoms with Crippen molar-refractivity contribution in [3.63, 3.8) is 0 Å². The number of allylic oxidation sites excluding steroid dienone is 2. The van der Waals surface area contributed by atoms with Crippen LogP contribution in [0.4, 0.5) is 0 Å². The summed E-state index contributed by atoms with van der Waals surface area (Å²) >= 11 is 0. The number of hydrogen-bond acceptors (Lipinski definition) is 10. The number of amides is 1. The summed E-state index contributed by atoms with van der Waals surface area (Å²) in [6.07, 6.45) is 33.8. The first-order chi connectivity index (χ1) is 29.1. The number of aliphatic hydroxyl groups is 7. The zero-order chi connectivity index (χ0) is 44.1. The highest BCUT2D eigenvalue weighted by Crippen LogP contribution is 2.26. The van der Waals surface area contributed by atoms with E-state index in [-0.39, 0.29) is 12.8 Å². The maximum atomic E-state index is 13.2. The molecule has 0 bridgehead atoms. The van der Waals surface area contributed by atoms with Gasteiger partial charge in [0.2, 0.25) is 5.91 Å². The number of nitrogens with one attached hydrogen (secondary N) is 1. The molecule has 1 amide bonds. The Balaban J connectivity index is 2.29. The lowest BCUT2D eigenvalue weighted by molar-refractivity contribution is -0.304. The topological polar surface area (TPSA) is 189 Å². The van der Waals surface area contributed by atoms with Crippen LogP contribution in [0.3, 0.4) is 0 Å². The molecule has 0 aromatic rings. The fourth-order valence-corrected chi connectivity index (χ4v) is 8.24. The molecule has 1 fully saturated rings. The molecule has 11 heteroatoms. The molecule has 0 spiro atoms. The average Bonchev–Trinajstić information content (AvgIpc) is 3.25. The molecule has 356 valence electrons. The molecule has 1 saturated heterocycles. The summed E-state index contributed by atoms with van der Waals surface area (Å²) in [4.78, 5) is 13.2. The van der Waals surface area contributed by atoms with Crippen molar-refractivity contribution < 1.29 is 50.0 Å². The fourth-order valence-electron chi connectivity index (χ4n) is 8.24. The van der Waals surface area contributed by atoms with Crippen LogP contribution in [0.15, 0.2) is 12.2 Å². The Kier molecular flexibility index (Phi) is 36.3. The van der Waals surface area contributed by atoms with Crippen molar-refractivity contribution in [3.8, 4) is 0 Å². The Morgan fingerprint density at radius 2 is 1.07 bits per heavy atom. The van der Waals surface area contributed by atoms with Crippen molar-refractivity contribution in [2.75, 3.05) is 19.8 Å². The minimum Gasteiger partial charge on any atom is -0.394 e. The Bertz CT molecular complexity index is 1000. The molecule has 1 rings (SSSR count). The van der Waals surface area contributed by atoms with Crippen molar-refractivity contribution in [1.82, 2.24) is 5.32 Å². The molecule has 1 heterocycles. The molecule has 1 aliphatic heterocycles. The molecule has 11 nitrogen and oxygen atoms in total. The lowest BCUT2D eigenvalue weighted by Crippen LogP contribution is -2.62. The number of ether oxygens (including phenoxy) is 2. The molecule has 1 aliphatic rings. The van der Waals surface area contributed by atoms with E-state index in [1.165, 1.54) is 135 Å². The zero-order valence-electron chi connectivity index (χ0n) is 38.5. The summed E-state index contributed by atoms with van der Waals surface area (Å²) in [6, 6.07) is -1.19. The second-order valence-electron chi connectivity index (χ2n) is 18.0. The van der Waals surface area contributed by atoms with Crippen LogP contribution in [-0.2, 0) is 14.3 Å². The summed E-state index contributed by atoms with van der Waals surface area (Å²) in [5.41, 5.74) is -1.81. The molecule has 0 unspecified atom stereocenters. The van der Waals surface area contributed by atoms with Crippen LogP contribution in [0.2, 0.25) is 0 Å². The molecule has 0 aromatic carbocycles. The third-order valence-corrected chi connectivity index (χ3v) is 12.5. The predicted octanol–water partition coefficient (Wildman–Crippen LogP) is 8.84. The van der Waals surface area contributed by atoms with Gasteiger partial charge in [-0.05, 0) is 32.1 Å². The third kappa shape index (κ3) is 27.1. The molecule has 0 radical (unpaired) electrons. The molecular weight excluding hydrogens is 763 g/mol. The minimum atomic E-state index is -1.81. The van der Waals surface area contributed by atoms with Crippen LogP contribution in [0.25, 0.3) is 0 Å². The SMILES string of the molecule is CCC/C=C/CCCCC[C@@](O)(CO)[C@H](CO[C@@H]1O[C@H](CO)[C@@H](O)[C@H](O)[C@H]1O)NC(=O)[C@@H](O)CCCCCCCCCCCCCCCCCCCCCCCCCCC. The van der Waals surface area contributed by atoms with Gasteiger partial charge >= 0.3 is 0 Å². The van der Waals surface area contributed by atoms with E-state index in [9.17, 15) is 40.5 Å². The smallest absolute Gasteiger partial charge is 0.249 e. The first kappa shape index (κ1) is 56.9. The molecule has 60 heavy (non-hydrogen) atoms. The van der Waals surface area contributed by atoms with E-state index in [4.69, 9.17) is 9.47 Å². The van der Waals surface area contributed by atoms with E-state index in [2.05, 4.69) is 31.3 Å². The summed E-state index contributed by atoms with van der Waals surface area (Å²) in [6.45, 7) is 2.65. The van der Waals surface area contributed by atoms with Gasteiger partial charge in [0, 0.05) is 0 Å². The van der Waals surface area contributed by atoms with E-state index >= 15 is 0 Å². The number of hydrogen-bond donors (Lipinski definition) is 8. The fraction of sp³-hybridized carbons (Fsp3) is 0.939. The summed E-state index contributed by atoms with van der Waals surface area (Å²) < 4.78 is 11.2. The van der Waals surface area contributed by atoms with E-state index in [0.29, 0.717) is 12.8 Å². The van der Waals surface area contributed by atoms with E-state index in [1.807, 2.05) is 0 Å². The van der Waals surface area contributed by atoms with Gasteiger partial charge in [0.15, 0.2) is 6.29 Å². The zero-order valence-corrected chi connectivity index (χ0v) is 38.5. The van der Waals surface area contributed by atoms with Crippen molar-refractivity contribution in [1.29, 1.82) is 0 Å². The second kappa shape index (κ2) is 38.3. The quantitative estimate of drug-likeness (QED) is 0.0218. The number of carbonyl (C=O) groups is 1.